The molecule has 6 heteroatoms. The molecular formula is C40H38Au2P2Se2. The number of hydrogen-bond acceptors (Lipinski definition) is 0. The van der Waals surface area contributed by atoms with Crippen LogP contribution in [0.25, 0.3) is 0 Å². The van der Waals surface area contributed by atoms with Gasteiger partial charge < -0.3 is 0 Å². The van der Waals surface area contributed by atoms with Crippen LogP contribution in [0.5, 0.6) is 0 Å². The summed E-state index contributed by atoms with van der Waals surface area (Å²) in [6.07, 6.45) is 0. The van der Waals surface area contributed by atoms with Gasteiger partial charge in [0.2, 0.25) is 0 Å². The first-order chi connectivity index (χ1) is 21.2. The van der Waals surface area contributed by atoms with E-state index in [1.165, 1.54) is 30.1 Å². The predicted octanol–water partition coefficient (Wildman–Crippen LogP) is 7.43. The molecule has 6 aromatic rings. The molecule has 0 aliphatic heterocycles. The number of rotatable bonds is 4. The maximum atomic E-state index is 4.31. The molecule has 6 rings (SSSR count). The van der Waals surface area contributed by atoms with Crippen LogP contribution >= 0.6 is 14.5 Å². The molecule has 2 radical (unpaired) electrons. The zero-order valence-electron chi connectivity index (χ0n) is 25.5. The Labute approximate surface area is 327 Å². The third kappa shape index (κ3) is 14.9. The molecule has 242 valence electrons. The van der Waals surface area contributed by atoms with Crippen molar-refractivity contribution in [2.45, 2.75) is 0 Å². The van der Waals surface area contributed by atoms with Crippen molar-refractivity contribution in [3.63, 3.8) is 0 Å². The molecule has 46 heavy (non-hydrogen) atoms. The van der Waals surface area contributed by atoms with Crippen LogP contribution in [-0.2, 0) is 44.8 Å². The quantitative estimate of drug-likeness (QED) is 0.0981. The van der Waals surface area contributed by atoms with Crippen LogP contribution in [0.3, 0.4) is 0 Å². The zero-order chi connectivity index (χ0) is 31.7. The van der Waals surface area contributed by atoms with Gasteiger partial charge in [0.15, 0.2) is 0 Å². The molecule has 6 aromatic carbocycles. The molecule has 0 heterocycles. The van der Waals surface area contributed by atoms with Gasteiger partial charge in [-0.25, -0.2) is 0 Å². The van der Waals surface area contributed by atoms with Crippen molar-refractivity contribution in [2.75, 3.05) is 0 Å². The summed E-state index contributed by atoms with van der Waals surface area (Å²) in [6, 6.07) is 61.5. The maximum absolute atomic E-state index is 4.31. The van der Waals surface area contributed by atoms with Gasteiger partial charge in [0.1, 0.15) is 0 Å². The molecule has 0 aliphatic carbocycles. The van der Waals surface area contributed by atoms with E-state index in [-0.39, 0.29) is 44.8 Å². The molecule has 0 nitrogen and oxygen atoms in total. The van der Waals surface area contributed by atoms with Gasteiger partial charge >= 0.3 is 146 Å². The second-order valence-electron chi connectivity index (χ2n) is 9.90. The Bertz CT molecular complexity index is 1380. The zero-order valence-corrected chi connectivity index (χ0v) is 35.0. The molecule has 0 saturated heterocycles. The van der Waals surface area contributed by atoms with Gasteiger partial charge in [-0.05, 0) is 48.5 Å². The van der Waals surface area contributed by atoms with Crippen molar-refractivity contribution >= 4 is 76.7 Å². The van der Waals surface area contributed by atoms with Gasteiger partial charge in [0.05, 0.1) is 0 Å². The van der Waals surface area contributed by atoms with Crippen LogP contribution in [0.1, 0.15) is 0 Å². The van der Waals surface area contributed by atoms with E-state index in [1.807, 2.05) is 133 Å². The number of hydrogen-bond donors (Lipinski definition) is 0. The second-order valence-corrected chi connectivity index (χ2v) is 17.8. The van der Waals surface area contributed by atoms with E-state index >= 15 is 0 Å². The van der Waals surface area contributed by atoms with Gasteiger partial charge in [-0.15, -0.1) is 0 Å². The van der Waals surface area contributed by atoms with Crippen molar-refractivity contribution < 1.29 is 44.8 Å². The summed E-state index contributed by atoms with van der Waals surface area (Å²) in [5.74, 6) is 0. The fourth-order valence-corrected chi connectivity index (χ4v) is 8.22. The van der Waals surface area contributed by atoms with Crippen LogP contribution in [-0.4, -0.2) is 32.0 Å². The van der Waals surface area contributed by atoms with E-state index in [1.54, 1.807) is 0 Å². The fourth-order valence-electron chi connectivity index (χ4n) is 3.99. The Morgan fingerprint density at radius 1 is 0.283 bits per heavy atom. The topological polar surface area (TPSA) is 0 Å². The molecule has 0 amide bonds. The van der Waals surface area contributed by atoms with Gasteiger partial charge in [-0.1, -0.05) is 72.8 Å². The van der Waals surface area contributed by atoms with Crippen molar-refractivity contribution in [2.24, 2.45) is 0 Å². The van der Waals surface area contributed by atoms with Gasteiger partial charge in [0.25, 0.3) is 0 Å². The molecule has 0 bridgehead atoms. The first-order valence-corrected chi connectivity index (χ1v) is 20.1. The predicted molar refractivity (Wildman–Crippen MR) is 203 cm³/mol. The summed E-state index contributed by atoms with van der Waals surface area (Å²) >= 11 is 5.80. The van der Waals surface area contributed by atoms with Crippen LogP contribution < -0.4 is 30.1 Å². The van der Waals surface area contributed by atoms with E-state index in [9.17, 15) is 0 Å². The molecule has 0 spiro atoms. The van der Waals surface area contributed by atoms with Gasteiger partial charge in [-0.3, -0.25) is 0 Å². The Morgan fingerprint density at radius 2 is 0.435 bits per heavy atom. The molecular weight excluding hydrogens is 1090 g/mol. The van der Waals surface area contributed by atoms with Crippen molar-refractivity contribution in [3.05, 3.63) is 209 Å². The normalized spacial score (nSPS) is 10.0. The van der Waals surface area contributed by atoms with Crippen molar-refractivity contribution in [1.82, 2.24) is 0 Å². The second kappa shape index (κ2) is 23.1. The average molecular weight is 1130 g/mol. The third-order valence-electron chi connectivity index (χ3n) is 6.49. The Balaban J connectivity index is 0.000000320. The van der Waals surface area contributed by atoms with Crippen LogP contribution in [0, 0.1) is 26.7 Å². The summed E-state index contributed by atoms with van der Waals surface area (Å²) < 4.78 is 2.39. The Morgan fingerprint density at radius 3 is 0.565 bits per heavy atom. The molecule has 0 aromatic heterocycles. The molecule has 0 fully saturated rings. The van der Waals surface area contributed by atoms with Crippen LogP contribution in [0.15, 0.2) is 182 Å². The first kappa shape index (κ1) is 42.7. The van der Waals surface area contributed by atoms with Crippen molar-refractivity contribution in [1.29, 1.82) is 0 Å². The first-order valence-electron chi connectivity index (χ1n) is 14.0. The monoisotopic (exact) mass is 1130 g/mol. The standard InChI is InChI=1S/2C14H14P.2C6H5Se.2Au/c2*1-15(2,13-9-5-3-6-10-13)14-11-7-4-8-12-14;2*7-6-4-2-1-3-5-6;;/h2*3-12H,1-2H2;2*1-5H;;/q2*-1;;;2*+1. The average Bonchev–Trinajstić information content (AvgIpc) is 3.08. The van der Waals surface area contributed by atoms with Gasteiger partial charge in [0, 0.05) is 21.2 Å². The van der Waals surface area contributed by atoms with E-state index in [4.69, 9.17) is 0 Å². The van der Waals surface area contributed by atoms with Crippen LogP contribution in [0.4, 0.5) is 0 Å². The van der Waals surface area contributed by atoms with Gasteiger partial charge in [-0.2, -0.15) is 41.2 Å². The fraction of sp³-hybridized carbons (Fsp3) is 0. The summed E-state index contributed by atoms with van der Waals surface area (Å²) in [5, 5.41) is 4.99. The molecule has 0 N–H and O–H groups in total. The van der Waals surface area contributed by atoms with Crippen LogP contribution in [0.2, 0.25) is 0 Å². The Kier molecular flexibility index (Phi) is 21.5. The number of benzene rings is 6. The van der Waals surface area contributed by atoms with E-state index in [0.29, 0.717) is 0 Å². The molecule has 0 saturated carbocycles. The molecule has 0 aliphatic rings. The minimum absolute atomic E-state index is 0. The molecule has 0 unspecified atom stereocenters. The van der Waals surface area contributed by atoms with Crippen molar-refractivity contribution in [3.8, 4) is 0 Å². The Hall–Kier alpha value is -1.30. The summed E-state index contributed by atoms with van der Waals surface area (Å²) in [6.45, 7) is 17.2. The summed E-state index contributed by atoms with van der Waals surface area (Å²) in [4.78, 5) is 0. The summed E-state index contributed by atoms with van der Waals surface area (Å²) in [7, 11) is -3.29. The molecule has 0 atom stereocenters. The van der Waals surface area contributed by atoms with E-state index in [0.717, 1.165) is 0 Å². The third-order valence-corrected chi connectivity index (χ3v) is 12.8. The van der Waals surface area contributed by atoms with E-state index in [2.05, 4.69) is 107 Å². The van der Waals surface area contributed by atoms with E-state index < -0.39 is 14.5 Å². The summed E-state index contributed by atoms with van der Waals surface area (Å²) in [5.41, 5.74) is 0. The SMILES string of the molecule is [Au+].[Au+].[CH2-][P+]([CH2-])(c1ccccc1)c1ccccc1.[CH2-][P+]([CH2-])(c1ccccc1)c1ccccc1.[Se]c1ccccc1.[Se]c1ccccc1. The minimum atomic E-state index is -1.65.